The summed E-state index contributed by atoms with van der Waals surface area (Å²) in [7, 11) is 2.16. The van der Waals surface area contributed by atoms with Gasteiger partial charge in [0.05, 0.1) is 18.8 Å². The largest absolute Gasteiger partial charge is 0.376 e. The number of hydrogen-bond donors (Lipinski definition) is 0. The molecule has 6 nitrogen and oxygen atoms in total. The Morgan fingerprint density at radius 3 is 2.50 bits per heavy atom. The van der Waals surface area contributed by atoms with Crippen molar-refractivity contribution in [1.82, 2.24) is 19.8 Å². The van der Waals surface area contributed by atoms with Crippen LogP contribution >= 0.6 is 0 Å². The van der Waals surface area contributed by atoms with E-state index in [0.717, 1.165) is 38.2 Å². The summed E-state index contributed by atoms with van der Waals surface area (Å²) in [5, 5.41) is 0. The van der Waals surface area contributed by atoms with Crippen LogP contribution in [0.4, 0.5) is 0 Å². The van der Waals surface area contributed by atoms with E-state index in [9.17, 15) is 4.79 Å². The molecule has 0 unspecified atom stereocenters. The Morgan fingerprint density at radius 1 is 1.15 bits per heavy atom. The second-order valence-corrected chi connectivity index (χ2v) is 7.44. The lowest BCUT2D eigenvalue weighted by molar-refractivity contribution is -0.00805. The number of likely N-dealkylation sites (N-methyl/N-ethyl adjacent to an activating group) is 1. The van der Waals surface area contributed by atoms with E-state index in [-0.39, 0.29) is 11.4 Å². The normalized spacial score (nSPS) is 21.7. The SMILES string of the molecule is CN1C[C@H](COCc2ccncc2)CC12CN(C(=O)c1ccncc1)C2. The lowest BCUT2D eigenvalue weighted by Gasteiger charge is -2.52. The summed E-state index contributed by atoms with van der Waals surface area (Å²) in [6, 6.07) is 7.52. The maximum absolute atomic E-state index is 12.5. The van der Waals surface area contributed by atoms with Crippen molar-refractivity contribution in [2.45, 2.75) is 18.6 Å². The third-order valence-corrected chi connectivity index (χ3v) is 5.57. The third kappa shape index (κ3) is 3.34. The van der Waals surface area contributed by atoms with Gasteiger partial charge in [0.1, 0.15) is 0 Å². The monoisotopic (exact) mass is 352 g/mol. The van der Waals surface area contributed by atoms with Gasteiger partial charge in [0.2, 0.25) is 0 Å². The summed E-state index contributed by atoms with van der Waals surface area (Å²) >= 11 is 0. The quantitative estimate of drug-likeness (QED) is 0.822. The Balaban J connectivity index is 1.27. The molecule has 1 atom stereocenters. The first-order valence-electron chi connectivity index (χ1n) is 9.03. The summed E-state index contributed by atoms with van der Waals surface area (Å²) < 4.78 is 5.92. The van der Waals surface area contributed by atoms with Crippen molar-refractivity contribution in [1.29, 1.82) is 0 Å². The van der Waals surface area contributed by atoms with Gasteiger partial charge in [-0.1, -0.05) is 0 Å². The zero-order valence-electron chi connectivity index (χ0n) is 15.0. The molecule has 0 bridgehead atoms. The van der Waals surface area contributed by atoms with Gasteiger partial charge in [-0.15, -0.1) is 0 Å². The maximum atomic E-state index is 12.5. The van der Waals surface area contributed by atoms with E-state index in [1.54, 1.807) is 36.9 Å². The fraction of sp³-hybridized carbons (Fsp3) is 0.450. The molecule has 0 aromatic carbocycles. The standard InChI is InChI=1S/C20H24N4O2/c1-23-11-17(13-26-12-16-2-6-21-7-3-16)10-20(23)14-24(15-20)19(25)18-4-8-22-9-5-18/h2-9,17H,10-15H2,1H3/t17-/m1/s1. The van der Waals surface area contributed by atoms with Gasteiger partial charge >= 0.3 is 0 Å². The minimum absolute atomic E-state index is 0.101. The lowest BCUT2D eigenvalue weighted by Crippen LogP contribution is -2.68. The molecule has 0 aliphatic carbocycles. The van der Waals surface area contributed by atoms with Gasteiger partial charge in [-0.25, -0.2) is 0 Å². The van der Waals surface area contributed by atoms with Crippen LogP contribution in [0.2, 0.25) is 0 Å². The first-order chi connectivity index (χ1) is 12.7. The van der Waals surface area contributed by atoms with E-state index in [0.29, 0.717) is 18.1 Å². The number of nitrogens with zero attached hydrogens (tertiary/aromatic N) is 4. The zero-order chi connectivity index (χ0) is 18.0. The van der Waals surface area contributed by atoms with Gasteiger partial charge in [0.25, 0.3) is 5.91 Å². The van der Waals surface area contributed by atoms with E-state index in [1.807, 2.05) is 17.0 Å². The Bertz CT molecular complexity index is 747. The lowest BCUT2D eigenvalue weighted by atomic mass is 9.84. The van der Waals surface area contributed by atoms with E-state index in [4.69, 9.17) is 4.74 Å². The van der Waals surface area contributed by atoms with Crippen LogP contribution in [-0.4, -0.2) is 64.5 Å². The molecule has 2 aliphatic rings. The fourth-order valence-electron chi connectivity index (χ4n) is 4.13. The highest BCUT2D eigenvalue weighted by atomic mass is 16.5. The van der Waals surface area contributed by atoms with Crippen molar-refractivity contribution in [2.75, 3.05) is 33.3 Å². The van der Waals surface area contributed by atoms with Gasteiger partial charge < -0.3 is 9.64 Å². The zero-order valence-corrected chi connectivity index (χ0v) is 15.0. The number of amides is 1. The summed E-state index contributed by atoms with van der Waals surface area (Å²) in [4.78, 5) is 24.9. The number of carbonyl (C=O) groups excluding carboxylic acids is 1. The Morgan fingerprint density at radius 2 is 1.81 bits per heavy atom. The van der Waals surface area contributed by atoms with E-state index < -0.39 is 0 Å². The molecule has 2 aromatic heterocycles. The highest BCUT2D eigenvalue weighted by Crippen LogP contribution is 2.40. The summed E-state index contributed by atoms with van der Waals surface area (Å²) in [6.07, 6.45) is 8.00. The van der Waals surface area contributed by atoms with Crippen LogP contribution in [0.25, 0.3) is 0 Å². The van der Waals surface area contributed by atoms with E-state index in [2.05, 4.69) is 21.9 Å². The molecule has 6 heteroatoms. The minimum Gasteiger partial charge on any atom is -0.376 e. The molecule has 4 rings (SSSR count). The molecule has 2 fully saturated rings. The third-order valence-electron chi connectivity index (χ3n) is 5.57. The average Bonchev–Trinajstić information content (AvgIpc) is 2.98. The fourth-order valence-corrected chi connectivity index (χ4v) is 4.13. The van der Waals surface area contributed by atoms with E-state index in [1.165, 1.54) is 0 Å². The van der Waals surface area contributed by atoms with Gasteiger partial charge in [0.15, 0.2) is 0 Å². The first-order valence-corrected chi connectivity index (χ1v) is 9.03. The molecule has 4 heterocycles. The van der Waals surface area contributed by atoms with Crippen molar-refractivity contribution in [3.63, 3.8) is 0 Å². The van der Waals surface area contributed by atoms with Crippen molar-refractivity contribution in [3.8, 4) is 0 Å². The highest BCUT2D eigenvalue weighted by molar-refractivity contribution is 5.94. The number of hydrogen-bond acceptors (Lipinski definition) is 5. The van der Waals surface area contributed by atoms with Crippen LogP contribution in [0.5, 0.6) is 0 Å². The predicted molar refractivity (Wildman–Crippen MR) is 97.5 cm³/mol. The van der Waals surface area contributed by atoms with Crippen LogP contribution < -0.4 is 0 Å². The molecular weight excluding hydrogens is 328 g/mol. The minimum atomic E-state index is 0.101. The van der Waals surface area contributed by atoms with Crippen molar-refractivity contribution < 1.29 is 9.53 Å². The summed E-state index contributed by atoms with van der Waals surface area (Å²) in [6.45, 7) is 4.00. The number of carbonyl (C=O) groups is 1. The Labute approximate surface area is 153 Å². The Kier molecular flexibility index (Phi) is 4.70. The molecule has 2 aliphatic heterocycles. The molecule has 0 saturated carbocycles. The van der Waals surface area contributed by atoms with Gasteiger partial charge in [0, 0.05) is 50.0 Å². The van der Waals surface area contributed by atoms with Crippen molar-refractivity contribution >= 4 is 5.91 Å². The highest BCUT2D eigenvalue weighted by Gasteiger charge is 2.53. The second kappa shape index (κ2) is 7.13. The first kappa shape index (κ1) is 17.1. The molecule has 0 radical (unpaired) electrons. The van der Waals surface area contributed by atoms with Gasteiger partial charge in [-0.05, 0) is 49.2 Å². The molecule has 2 aromatic rings. The smallest absolute Gasteiger partial charge is 0.254 e. The molecule has 26 heavy (non-hydrogen) atoms. The molecule has 136 valence electrons. The van der Waals surface area contributed by atoms with Gasteiger partial charge in [-0.2, -0.15) is 0 Å². The van der Waals surface area contributed by atoms with Crippen molar-refractivity contribution in [2.24, 2.45) is 5.92 Å². The second-order valence-electron chi connectivity index (χ2n) is 7.44. The van der Waals surface area contributed by atoms with Gasteiger partial charge in [-0.3, -0.25) is 19.7 Å². The van der Waals surface area contributed by atoms with Crippen LogP contribution in [-0.2, 0) is 11.3 Å². The number of likely N-dealkylation sites (tertiary alicyclic amines) is 2. The average molecular weight is 352 g/mol. The summed E-state index contributed by atoms with van der Waals surface area (Å²) in [5.74, 6) is 0.615. The van der Waals surface area contributed by atoms with E-state index >= 15 is 0 Å². The molecule has 2 saturated heterocycles. The number of aromatic nitrogens is 2. The molecular formula is C20H24N4O2. The topological polar surface area (TPSA) is 58.6 Å². The Hall–Kier alpha value is -2.31. The predicted octanol–water partition coefficient (Wildman–Crippen LogP) is 1.84. The molecule has 1 amide bonds. The number of rotatable bonds is 5. The number of pyridine rings is 2. The molecule has 1 spiro atoms. The molecule has 0 N–H and O–H groups in total. The van der Waals surface area contributed by atoms with Crippen LogP contribution in [0.1, 0.15) is 22.3 Å². The van der Waals surface area contributed by atoms with Crippen LogP contribution in [0, 0.1) is 5.92 Å². The van der Waals surface area contributed by atoms with Crippen LogP contribution in [0.3, 0.4) is 0 Å². The number of ether oxygens (including phenoxy) is 1. The van der Waals surface area contributed by atoms with Crippen LogP contribution in [0.15, 0.2) is 49.1 Å². The maximum Gasteiger partial charge on any atom is 0.254 e. The summed E-state index contributed by atoms with van der Waals surface area (Å²) in [5.41, 5.74) is 1.99. The van der Waals surface area contributed by atoms with Crippen molar-refractivity contribution in [3.05, 3.63) is 60.2 Å².